The Kier molecular flexibility index (Phi) is 7.34. The van der Waals surface area contributed by atoms with Gasteiger partial charge in [0.15, 0.2) is 0 Å². The Morgan fingerprint density at radius 1 is 1.27 bits per heavy atom. The molecule has 196 valence electrons. The van der Waals surface area contributed by atoms with Crippen molar-refractivity contribution in [2.75, 3.05) is 18.5 Å². The minimum absolute atomic E-state index is 0.109. The molecule has 1 fully saturated rings. The number of hydrogen-bond donors (Lipinski definition) is 4. The van der Waals surface area contributed by atoms with Crippen molar-refractivity contribution in [1.82, 2.24) is 14.7 Å². The Morgan fingerprint density at radius 3 is 2.92 bits per heavy atom. The molecule has 3 aromatic rings. The molecule has 37 heavy (non-hydrogen) atoms. The van der Waals surface area contributed by atoms with Gasteiger partial charge in [-0.15, -0.1) is 11.3 Å². The van der Waals surface area contributed by atoms with Gasteiger partial charge < -0.3 is 15.2 Å². The molecule has 1 saturated carbocycles. The number of carbonyl (C=O) groups excluding carboxylic acids is 1. The summed E-state index contributed by atoms with van der Waals surface area (Å²) in [6.07, 6.45) is 2.88. The summed E-state index contributed by atoms with van der Waals surface area (Å²) in [6, 6.07) is 6.14. The van der Waals surface area contributed by atoms with Gasteiger partial charge in [-0.2, -0.15) is 13.1 Å². The van der Waals surface area contributed by atoms with E-state index in [1.807, 2.05) is 10.1 Å². The number of benzene rings is 1. The third-order valence-corrected chi connectivity index (χ3v) is 8.15. The van der Waals surface area contributed by atoms with Crippen molar-refractivity contribution in [2.24, 2.45) is 5.92 Å². The molecule has 2 aliphatic rings. The van der Waals surface area contributed by atoms with E-state index in [1.165, 1.54) is 36.0 Å². The third kappa shape index (κ3) is 5.87. The van der Waals surface area contributed by atoms with Crippen molar-refractivity contribution >= 4 is 33.2 Å². The largest absolute Gasteiger partial charge is 0.393 e. The Labute approximate surface area is 216 Å². The Hall–Kier alpha value is -2.81. The van der Waals surface area contributed by atoms with Gasteiger partial charge in [-0.3, -0.25) is 9.35 Å². The number of carbonyl (C=O) groups is 1. The maximum absolute atomic E-state index is 13.9. The number of rotatable bonds is 8. The van der Waals surface area contributed by atoms with Gasteiger partial charge >= 0.3 is 10.3 Å². The summed E-state index contributed by atoms with van der Waals surface area (Å²) in [5.74, 6) is -0.746. The number of anilines is 1. The van der Waals surface area contributed by atoms with E-state index in [2.05, 4.69) is 15.3 Å². The van der Waals surface area contributed by atoms with Crippen LogP contribution in [0.1, 0.15) is 50.9 Å². The average molecular weight is 549 g/mol. The molecule has 10 nitrogen and oxygen atoms in total. The van der Waals surface area contributed by atoms with Crippen molar-refractivity contribution in [1.29, 1.82) is 0 Å². The standard InChI is InChI=1S/C24H25FN4O6S2/c25-16-2-1-13-3-4-35-23(18(13)7-16)15-6-21(36-11-15)22(31)19-10-26-12-27-24(19)29-17-5-14(20(30)8-17)9-28-37(32,33)34/h1-2,6-7,10-12,14,17,20,23,28,30H,3-5,8-9H2,(H,26,27,29)(H,32,33,34)/t14-,17-,20+,23+/m1/s1. The number of hydrogen-bond acceptors (Lipinski definition) is 9. The first kappa shape index (κ1) is 25.8. The zero-order valence-corrected chi connectivity index (χ0v) is 21.1. The second-order valence-corrected chi connectivity index (χ2v) is 11.3. The minimum atomic E-state index is -4.36. The van der Waals surface area contributed by atoms with E-state index in [9.17, 15) is 22.7 Å². The van der Waals surface area contributed by atoms with Gasteiger partial charge in [0.1, 0.15) is 24.1 Å². The van der Waals surface area contributed by atoms with Crippen LogP contribution in [0.25, 0.3) is 0 Å². The van der Waals surface area contributed by atoms with Crippen molar-refractivity contribution < 1.29 is 32.0 Å². The summed E-state index contributed by atoms with van der Waals surface area (Å²) in [7, 11) is -4.36. The maximum atomic E-state index is 13.9. The number of ether oxygens (including phenoxy) is 1. The monoisotopic (exact) mass is 548 g/mol. The third-order valence-electron chi connectivity index (χ3n) is 6.68. The second kappa shape index (κ2) is 10.5. The van der Waals surface area contributed by atoms with Gasteiger partial charge in [-0.25, -0.2) is 14.4 Å². The van der Waals surface area contributed by atoms with Crippen LogP contribution >= 0.6 is 11.3 Å². The van der Waals surface area contributed by atoms with Crippen LogP contribution in [0.3, 0.4) is 0 Å². The van der Waals surface area contributed by atoms with Gasteiger partial charge in [-0.1, -0.05) is 6.07 Å². The van der Waals surface area contributed by atoms with Crippen LogP contribution in [-0.2, 0) is 21.5 Å². The van der Waals surface area contributed by atoms with Crippen LogP contribution in [0, 0.1) is 11.7 Å². The lowest BCUT2D eigenvalue weighted by Crippen LogP contribution is -2.32. The number of aliphatic hydroxyl groups excluding tert-OH is 1. The Morgan fingerprint density at radius 2 is 2.11 bits per heavy atom. The molecule has 13 heteroatoms. The molecule has 0 unspecified atom stereocenters. The topological polar surface area (TPSA) is 151 Å². The van der Waals surface area contributed by atoms with E-state index in [-0.39, 0.29) is 29.8 Å². The number of fused-ring (bicyclic) bond motifs is 1. The summed E-state index contributed by atoms with van der Waals surface area (Å²) in [5, 5.41) is 15.3. The summed E-state index contributed by atoms with van der Waals surface area (Å²) in [5.41, 5.74) is 2.79. The molecule has 0 saturated heterocycles. The van der Waals surface area contributed by atoms with Crippen molar-refractivity contribution in [3.05, 3.63) is 75.1 Å². The van der Waals surface area contributed by atoms with Crippen LogP contribution in [-0.4, -0.2) is 59.1 Å². The number of ketones is 1. The minimum Gasteiger partial charge on any atom is -0.393 e. The zero-order valence-electron chi connectivity index (χ0n) is 19.5. The molecule has 1 aromatic carbocycles. The maximum Gasteiger partial charge on any atom is 0.333 e. The quantitative estimate of drug-likeness (QED) is 0.246. The van der Waals surface area contributed by atoms with Crippen molar-refractivity contribution in [3.8, 4) is 0 Å². The highest BCUT2D eigenvalue weighted by atomic mass is 32.2. The first-order valence-electron chi connectivity index (χ1n) is 11.7. The van der Waals surface area contributed by atoms with Gasteiger partial charge in [0.05, 0.1) is 23.2 Å². The number of nitrogens with zero attached hydrogens (tertiary/aromatic N) is 2. The SMILES string of the molecule is O=C(c1cc([C@@H]2OCCc3ccc(F)cc32)cs1)c1cncnc1N[C@@H]1C[C@H](CNS(=O)(=O)O)[C@@H](O)C1. The van der Waals surface area contributed by atoms with Crippen LogP contribution in [0.2, 0.25) is 0 Å². The number of halogens is 1. The molecule has 0 bridgehead atoms. The van der Waals surface area contributed by atoms with E-state index in [1.54, 1.807) is 12.1 Å². The highest BCUT2D eigenvalue weighted by Crippen LogP contribution is 2.36. The molecule has 0 radical (unpaired) electrons. The van der Waals surface area contributed by atoms with Crippen LogP contribution in [0.15, 0.2) is 42.2 Å². The Bertz CT molecular complexity index is 1420. The molecule has 5 rings (SSSR count). The predicted molar refractivity (Wildman–Crippen MR) is 133 cm³/mol. The fourth-order valence-electron chi connectivity index (χ4n) is 4.89. The second-order valence-electron chi connectivity index (χ2n) is 9.17. The summed E-state index contributed by atoms with van der Waals surface area (Å²) >= 11 is 1.25. The molecule has 3 heterocycles. The average Bonchev–Trinajstić information content (AvgIpc) is 3.48. The molecule has 0 spiro atoms. The Balaban J connectivity index is 1.32. The number of nitrogens with one attached hydrogen (secondary N) is 2. The highest BCUT2D eigenvalue weighted by molar-refractivity contribution is 7.83. The predicted octanol–water partition coefficient (Wildman–Crippen LogP) is 2.51. The highest BCUT2D eigenvalue weighted by Gasteiger charge is 2.34. The number of aromatic nitrogens is 2. The van der Waals surface area contributed by atoms with Crippen LogP contribution in [0.5, 0.6) is 0 Å². The number of thiophene rings is 1. The molecule has 1 aliphatic heterocycles. The van der Waals surface area contributed by atoms with Gasteiger partial charge in [0.2, 0.25) is 5.78 Å². The smallest absolute Gasteiger partial charge is 0.333 e. The summed E-state index contributed by atoms with van der Waals surface area (Å²) in [6.45, 7) is 0.388. The first-order valence-corrected chi connectivity index (χ1v) is 14.0. The van der Waals surface area contributed by atoms with Crippen LogP contribution < -0.4 is 10.0 Å². The molecule has 4 atom stereocenters. The molecule has 0 amide bonds. The lowest BCUT2D eigenvalue weighted by Gasteiger charge is -2.25. The number of aliphatic hydroxyl groups is 1. The van der Waals surface area contributed by atoms with Crippen molar-refractivity contribution in [3.63, 3.8) is 0 Å². The first-order chi connectivity index (χ1) is 17.7. The van der Waals surface area contributed by atoms with Crippen LogP contribution in [0.4, 0.5) is 10.2 Å². The molecule has 4 N–H and O–H groups in total. The van der Waals surface area contributed by atoms with Gasteiger partial charge in [0, 0.05) is 24.7 Å². The van der Waals surface area contributed by atoms with Gasteiger partial charge in [-0.05, 0) is 59.5 Å². The van der Waals surface area contributed by atoms with E-state index in [0.29, 0.717) is 36.6 Å². The molecular weight excluding hydrogens is 523 g/mol. The lowest BCUT2D eigenvalue weighted by molar-refractivity contribution is 0.0698. The molecular formula is C24H25FN4O6S2. The normalized spacial score (nSPS) is 23.5. The molecule has 2 aromatic heterocycles. The van der Waals surface area contributed by atoms with Gasteiger partial charge in [0.25, 0.3) is 0 Å². The summed E-state index contributed by atoms with van der Waals surface area (Å²) in [4.78, 5) is 22.1. The fourth-order valence-corrected chi connectivity index (χ4v) is 6.19. The van der Waals surface area contributed by atoms with Crippen molar-refractivity contribution in [2.45, 2.75) is 37.5 Å². The zero-order chi connectivity index (χ0) is 26.2. The van der Waals surface area contributed by atoms with E-state index in [4.69, 9.17) is 9.29 Å². The van der Waals surface area contributed by atoms with E-state index in [0.717, 1.165) is 16.7 Å². The lowest BCUT2D eigenvalue weighted by atomic mass is 9.94. The summed E-state index contributed by atoms with van der Waals surface area (Å²) < 4.78 is 52.7. The van der Waals surface area contributed by atoms with E-state index >= 15 is 0 Å². The van der Waals surface area contributed by atoms with E-state index < -0.39 is 28.4 Å². The fraction of sp³-hybridized carbons (Fsp3) is 0.375. The molecule has 1 aliphatic carbocycles.